The summed E-state index contributed by atoms with van der Waals surface area (Å²) in [4.78, 5) is 23.0. The highest BCUT2D eigenvalue weighted by molar-refractivity contribution is 6.33. The van der Waals surface area contributed by atoms with Crippen LogP contribution in [0, 0.1) is 11.6 Å². The number of aromatic nitrogens is 2. The smallest absolute Gasteiger partial charge is 0.303 e. The predicted molar refractivity (Wildman–Crippen MR) is 89.3 cm³/mol. The highest BCUT2D eigenvalue weighted by atomic mass is 35.5. The quantitative estimate of drug-likeness (QED) is 0.814. The maximum Gasteiger partial charge on any atom is 0.303 e. The van der Waals surface area contributed by atoms with Crippen molar-refractivity contribution in [1.29, 1.82) is 0 Å². The van der Waals surface area contributed by atoms with E-state index < -0.39 is 28.7 Å². The molecule has 2 N–H and O–H groups in total. The summed E-state index contributed by atoms with van der Waals surface area (Å²) in [6.45, 7) is 3.49. The molecule has 0 saturated carbocycles. The monoisotopic (exact) mass is 371 g/mol. The number of hydrogen-bond acceptors (Lipinski definition) is 4. The van der Waals surface area contributed by atoms with Gasteiger partial charge in [-0.25, -0.2) is 8.78 Å². The molecule has 1 aromatic heterocycles. The second kappa shape index (κ2) is 7.18. The highest BCUT2D eigenvalue weighted by Gasteiger charge is 2.22. The zero-order valence-corrected chi connectivity index (χ0v) is 14.3. The Balaban J connectivity index is 2.34. The summed E-state index contributed by atoms with van der Waals surface area (Å²) in [6, 6.07) is 2.72. The van der Waals surface area contributed by atoms with Crippen molar-refractivity contribution >= 4 is 23.3 Å². The molecule has 0 saturated heterocycles. The van der Waals surface area contributed by atoms with E-state index in [4.69, 9.17) is 16.7 Å². The van der Waals surface area contributed by atoms with Crippen LogP contribution in [-0.4, -0.2) is 26.4 Å². The van der Waals surface area contributed by atoms with Gasteiger partial charge in [-0.05, 0) is 32.4 Å². The largest absolute Gasteiger partial charge is 0.481 e. The van der Waals surface area contributed by atoms with Crippen LogP contribution in [0.4, 0.5) is 14.5 Å². The molecule has 1 heterocycles. The van der Waals surface area contributed by atoms with Gasteiger partial charge in [-0.1, -0.05) is 11.6 Å². The summed E-state index contributed by atoms with van der Waals surface area (Å²) < 4.78 is 27.6. The molecule has 0 atom stereocenters. The molecule has 25 heavy (non-hydrogen) atoms. The summed E-state index contributed by atoms with van der Waals surface area (Å²) in [5, 5.41) is 15.4. The number of aliphatic carboxylic acids is 1. The van der Waals surface area contributed by atoms with Gasteiger partial charge in [-0.3, -0.25) is 9.59 Å². The Labute approximate surface area is 147 Å². The van der Waals surface area contributed by atoms with Crippen molar-refractivity contribution in [2.24, 2.45) is 0 Å². The van der Waals surface area contributed by atoms with Crippen molar-refractivity contribution in [3.63, 3.8) is 0 Å². The molecule has 0 aliphatic carbocycles. The van der Waals surface area contributed by atoms with Gasteiger partial charge in [0.05, 0.1) is 11.9 Å². The number of carboxylic acid groups (broad SMARTS) is 1. The van der Waals surface area contributed by atoms with E-state index >= 15 is 0 Å². The molecule has 9 heteroatoms. The number of carbonyl (C=O) groups is 1. The molecule has 134 valence electrons. The van der Waals surface area contributed by atoms with E-state index in [1.807, 2.05) is 0 Å². The van der Waals surface area contributed by atoms with Gasteiger partial charge < -0.3 is 10.4 Å². The number of anilines is 1. The third-order valence-electron chi connectivity index (χ3n) is 3.49. The van der Waals surface area contributed by atoms with Gasteiger partial charge in [0.15, 0.2) is 5.82 Å². The maximum atomic E-state index is 13.8. The minimum atomic E-state index is -0.951. The van der Waals surface area contributed by atoms with E-state index in [2.05, 4.69) is 10.4 Å². The first-order valence-corrected chi connectivity index (χ1v) is 7.72. The van der Waals surface area contributed by atoms with Crippen LogP contribution >= 0.6 is 11.6 Å². The summed E-state index contributed by atoms with van der Waals surface area (Å²) in [7, 11) is 0. The van der Waals surface area contributed by atoms with Crippen LogP contribution in [0.3, 0.4) is 0 Å². The number of nitrogens with one attached hydrogen (secondary N) is 1. The molecule has 1 aromatic carbocycles. The Morgan fingerprint density at radius 2 is 2.08 bits per heavy atom. The molecule has 0 aliphatic rings. The van der Waals surface area contributed by atoms with Crippen LogP contribution in [-0.2, 0) is 4.79 Å². The number of halogens is 3. The fourth-order valence-corrected chi connectivity index (χ4v) is 2.37. The number of nitrogens with zero attached hydrogens (tertiary/aromatic N) is 2. The first-order valence-electron chi connectivity index (χ1n) is 7.34. The molecule has 0 radical (unpaired) electrons. The van der Waals surface area contributed by atoms with E-state index in [1.54, 1.807) is 13.8 Å². The van der Waals surface area contributed by atoms with Crippen LogP contribution in [0.15, 0.2) is 29.2 Å². The van der Waals surface area contributed by atoms with E-state index in [9.17, 15) is 18.4 Å². The number of rotatable bonds is 6. The average Bonchev–Trinajstić information content (AvgIpc) is 2.51. The van der Waals surface area contributed by atoms with E-state index in [0.717, 1.165) is 16.8 Å². The fourth-order valence-electron chi connectivity index (χ4n) is 2.19. The first-order chi connectivity index (χ1) is 11.6. The van der Waals surface area contributed by atoms with Gasteiger partial charge in [0.25, 0.3) is 5.56 Å². The van der Waals surface area contributed by atoms with Gasteiger partial charge in [0.1, 0.15) is 16.5 Å². The lowest BCUT2D eigenvalue weighted by Gasteiger charge is -2.27. The standard InChI is InChI=1S/C16H16ClF2N3O3/c1-16(2,6-5-13(23)24)21-11-8-20-22(15(25)14(11)17)12-4-3-9(18)7-10(12)19/h3-4,7-8,21H,5-6H2,1-2H3,(H,23,24). The molecule has 6 nitrogen and oxygen atoms in total. The molecule has 0 bridgehead atoms. The average molecular weight is 372 g/mol. The molecule has 0 amide bonds. The van der Waals surface area contributed by atoms with E-state index in [-0.39, 0.29) is 29.2 Å². The van der Waals surface area contributed by atoms with Gasteiger partial charge in [-0.15, -0.1) is 0 Å². The Kier molecular flexibility index (Phi) is 5.42. The van der Waals surface area contributed by atoms with Crippen LogP contribution in [0.2, 0.25) is 5.02 Å². The summed E-state index contributed by atoms with van der Waals surface area (Å²) in [6.07, 6.45) is 1.45. The Hall–Kier alpha value is -2.48. The van der Waals surface area contributed by atoms with Crippen molar-refractivity contribution in [3.05, 3.63) is 51.4 Å². The van der Waals surface area contributed by atoms with Gasteiger partial charge >= 0.3 is 5.97 Å². The highest BCUT2D eigenvalue weighted by Crippen LogP contribution is 2.24. The van der Waals surface area contributed by atoms with Crippen LogP contribution in [0.1, 0.15) is 26.7 Å². The Morgan fingerprint density at radius 1 is 1.40 bits per heavy atom. The van der Waals surface area contributed by atoms with E-state index in [1.165, 1.54) is 6.20 Å². The number of hydrogen-bond donors (Lipinski definition) is 2. The Morgan fingerprint density at radius 3 is 2.68 bits per heavy atom. The van der Waals surface area contributed by atoms with E-state index in [0.29, 0.717) is 6.07 Å². The summed E-state index contributed by atoms with van der Waals surface area (Å²) >= 11 is 6.05. The zero-order chi connectivity index (χ0) is 18.8. The maximum absolute atomic E-state index is 13.8. The molecule has 2 aromatic rings. The minimum absolute atomic E-state index is 0.0666. The molecule has 0 unspecified atom stereocenters. The molecule has 0 fully saturated rings. The zero-order valence-electron chi connectivity index (χ0n) is 13.5. The normalized spacial score (nSPS) is 11.4. The second-order valence-corrected chi connectivity index (χ2v) is 6.47. The minimum Gasteiger partial charge on any atom is -0.481 e. The van der Waals surface area contributed by atoms with Crippen LogP contribution in [0.25, 0.3) is 5.69 Å². The lowest BCUT2D eigenvalue weighted by Crippen LogP contribution is -2.33. The van der Waals surface area contributed by atoms with Crippen molar-refractivity contribution in [2.45, 2.75) is 32.2 Å². The van der Waals surface area contributed by atoms with Crippen LogP contribution in [0.5, 0.6) is 0 Å². The lowest BCUT2D eigenvalue weighted by atomic mass is 9.98. The van der Waals surface area contributed by atoms with Crippen molar-refractivity contribution in [1.82, 2.24) is 9.78 Å². The second-order valence-electron chi connectivity index (χ2n) is 6.09. The van der Waals surface area contributed by atoms with Crippen molar-refractivity contribution < 1.29 is 18.7 Å². The number of benzene rings is 1. The SMILES string of the molecule is CC(C)(CCC(=O)O)Nc1cnn(-c2ccc(F)cc2F)c(=O)c1Cl. The van der Waals surface area contributed by atoms with Crippen molar-refractivity contribution in [2.75, 3.05) is 5.32 Å². The molecule has 0 spiro atoms. The summed E-state index contributed by atoms with van der Waals surface area (Å²) in [5.41, 5.74) is -1.49. The third kappa shape index (κ3) is 4.54. The van der Waals surface area contributed by atoms with Gasteiger partial charge in [0.2, 0.25) is 0 Å². The Bertz CT molecular complexity index is 868. The summed E-state index contributed by atoms with van der Waals surface area (Å²) in [5.74, 6) is -2.67. The van der Waals surface area contributed by atoms with Crippen molar-refractivity contribution in [3.8, 4) is 5.69 Å². The van der Waals surface area contributed by atoms with Crippen LogP contribution < -0.4 is 10.9 Å². The van der Waals surface area contributed by atoms with Gasteiger partial charge in [-0.2, -0.15) is 9.78 Å². The molecular weight excluding hydrogens is 356 g/mol. The molecule has 0 aliphatic heterocycles. The lowest BCUT2D eigenvalue weighted by molar-refractivity contribution is -0.137. The fraction of sp³-hybridized carbons (Fsp3) is 0.312. The topological polar surface area (TPSA) is 84.2 Å². The first kappa shape index (κ1) is 18.9. The number of carboxylic acids is 1. The predicted octanol–water partition coefficient (Wildman–Crippen LogP) is 3.22. The molecule has 2 rings (SSSR count). The van der Waals surface area contributed by atoms with Gasteiger partial charge in [0, 0.05) is 18.0 Å². The molecular formula is C16H16ClF2N3O3. The third-order valence-corrected chi connectivity index (χ3v) is 3.86.